The Labute approximate surface area is 104 Å². The standard InChI is InChI=1S/C12H16F2N2O2/c1-18-5-4-15-2-3-16-12(17)9-6-10(13)8-11(14)7-9/h6-8,15H,2-5H2,1H3,(H,16,17). The van der Waals surface area contributed by atoms with Crippen LogP contribution in [0.15, 0.2) is 18.2 Å². The third kappa shape index (κ3) is 5.20. The fourth-order valence-corrected chi connectivity index (χ4v) is 1.35. The number of hydrogen-bond donors (Lipinski definition) is 2. The maximum absolute atomic E-state index is 12.9. The first-order valence-electron chi connectivity index (χ1n) is 5.57. The number of hydrogen-bond acceptors (Lipinski definition) is 3. The molecule has 4 nitrogen and oxygen atoms in total. The molecule has 0 aliphatic rings. The van der Waals surface area contributed by atoms with Crippen LogP contribution < -0.4 is 10.6 Å². The van der Waals surface area contributed by atoms with Crippen LogP contribution in [0.2, 0.25) is 0 Å². The Morgan fingerprint density at radius 1 is 1.17 bits per heavy atom. The Balaban J connectivity index is 2.32. The van der Waals surface area contributed by atoms with E-state index in [-0.39, 0.29) is 5.56 Å². The van der Waals surface area contributed by atoms with Crippen molar-refractivity contribution < 1.29 is 18.3 Å². The highest BCUT2D eigenvalue weighted by Crippen LogP contribution is 2.07. The molecule has 0 aliphatic heterocycles. The molecule has 18 heavy (non-hydrogen) atoms. The first-order chi connectivity index (χ1) is 8.63. The lowest BCUT2D eigenvalue weighted by Crippen LogP contribution is -2.33. The SMILES string of the molecule is COCCNCCNC(=O)c1cc(F)cc(F)c1. The Morgan fingerprint density at radius 3 is 2.44 bits per heavy atom. The van der Waals surface area contributed by atoms with Gasteiger partial charge in [0.25, 0.3) is 5.91 Å². The monoisotopic (exact) mass is 258 g/mol. The number of nitrogens with one attached hydrogen (secondary N) is 2. The number of amides is 1. The quantitative estimate of drug-likeness (QED) is 0.715. The number of benzene rings is 1. The molecule has 2 N–H and O–H groups in total. The van der Waals surface area contributed by atoms with E-state index in [2.05, 4.69) is 10.6 Å². The molecule has 0 radical (unpaired) electrons. The molecule has 1 aromatic carbocycles. The number of methoxy groups -OCH3 is 1. The molecule has 0 saturated carbocycles. The van der Waals surface area contributed by atoms with Gasteiger partial charge in [-0.3, -0.25) is 4.79 Å². The highest BCUT2D eigenvalue weighted by molar-refractivity contribution is 5.94. The van der Waals surface area contributed by atoms with Gasteiger partial charge in [-0.1, -0.05) is 0 Å². The Morgan fingerprint density at radius 2 is 1.83 bits per heavy atom. The van der Waals surface area contributed by atoms with E-state index in [1.807, 2.05) is 0 Å². The van der Waals surface area contributed by atoms with Crippen LogP contribution in [0.1, 0.15) is 10.4 Å². The molecule has 0 aliphatic carbocycles. The smallest absolute Gasteiger partial charge is 0.251 e. The Bertz CT molecular complexity index is 379. The van der Waals surface area contributed by atoms with Crippen LogP contribution in [0.25, 0.3) is 0 Å². The minimum absolute atomic E-state index is 0.0237. The Kier molecular flexibility index (Phi) is 6.24. The molecule has 1 aromatic rings. The van der Waals surface area contributed by atoms with Gasteiger partial charge in [0.2, 0.25) is 0 Å². The highest BCUT2D eigenvalue weighted by atomic mass is 19.1. The molecule has 0 heterocycles. The molecule has 0 spiro atoms. The maximum Gasteiger partial charge on any atom is 0.251 e. The van der Waals surface area contributed by atoms with E-state index in [4.69, 9.17) is 4.74 Å². The molecule has 0 atom stereocenters. The van der Waals surface area contributed by atoms with E-state index in [9.17, 15) is 13.6 Å². The van der Waals surface area contributed by atoms with Gasteiger partial charge in [-0.05, 0) is 12.1 Å². The van der Waals surface area contributed by atoms with E-state index >= 15 is 0 Å². The van der Waals surface area contributed by atoms with Crippen LogP contribution in [0.4, 0.5) is 8.78 Å². The summed E-state index contributed by atoms with van der Waals surface area (Å²) in [5.74, 6) is -2.03. The lowest BCUT2D eigenvalue weighted by molar-refractivity contribution is 0.0952. The van der Waals surface area contributed by atoms with Gasteiger partial charge in [0.05, 0.1) is 6.61 Å². The summed E-state index contributed by atoms with van der Waals surface area (Å²) < 4.78 is 30.6. The Hall–Kier alpha value is -1.53. The van der Waals surface area contributed by atoms with E-state index in [0.717, 1.165) is 18.2 Å². The summed E-state index contributed by atoms with van der Waals surface area (Å²) in [7, 11) is 1.60. The number of halogens is 2. The summed E-state index contributed by atoms with van der Waals surface area (Å²) in [6.07, 6.45) is 0. The number of carbonyl (C=O) groups is 1. The van der Waals surface area contributed by atoms with Crippen molar-refractivity contribution in [2.24, 2.45) is 0 Å². The summed E-state index contributed by atoms with van der Waals surface area (Å²) >= 11 is 0. The van der Waals surface area contributed by atoms with Crippen molar-refractivity contribution in [1.29, 1.82) is 0 Å². The summed E-state index contributed by atoms with van der Waals surface area (Å²) in [5, 5.41) is 5.58. The number of rotatable bonds is 7. The van der Waals surface area contributed by atoms with Crippen molar-refractivity contribution in [1.82, 2.24) is 10.6 Å². The van der Waals surface area contributed by atoms with Crippen LogP contribution >= 0.6 is 0 Å². The molecule has 0 saturated heterocycles. The summed E-state index contributed by atoms with van der Waals surface area (Å²) in [4.78, 5) is 11.5. The zero-order chi connectivity index (χ0) is 13.4. The second-order valence-electron chi connectivity index (χ2n) is 3.66. The first kappa shape index (κ1) is 14.5. The second kappa shape index (κ2) is 7.73. The van der Waals surface area contributed by atoms with Crippen molar-refractivity contribution in [3.63, 3.8) is 0 Å². The lowest BCUT2D eigenvalue weighted by Gasteiger charge is -2.06. The van der Waals surface area contributed by atoms with Gasteiger partial charge in [0.15, 0.2) is 0 Å². The molecule has 1 amide bonds. The molecule has 0 fully saturated rings. The van der Waals surface area contributed by atoms with E-state index in [1.165, 1.54) is 0 Å². The predicted octanol–water partition coefficient (Wildman–Crippen LogP) is 0.931. The van der Waals surface area contributed by atoms with Gasteiger partial charge >= 0.3 is 0 Å². The van der Waals surface area contributed by atoms with Gasteiger partial charge in [0, 0.05) is 38.4 Å². The molecule has 0 bridgehead atoms. The third-order valence-corrected chi connectivity index (χ3v) is 2.20. The summed E-state index contributed by atoms with van der Waals surface area (Å²) in [5.41, 5.74) is -0.0237. The molecule has 0 unspecified atom stereocenters. The number of carbonyl (C=O) groups excluding carboxylic acids is 1. The third-order valence-electron chi connectivity index (χ3n) is 2.20. The van der Waals surface area contributed by atoms with Crippen molar-refractivity contribution >= 4 is 5.91 Å². The van der Waals surface area contributed by atoms with Crippen LogP contribution in [0.3, 0.4) is 0 Å². The van der Waals surface area contributed by atoms with E-state index in [1.54, 1.807) is 7.11 Å². The van der Waals surface area contributed by atoms with Crippen molar-refractivity contribution in [2.45, 2.75) is 0 Å². The van der Waals surface area contributed by atoms with Crippen LogP contribution in [-0.2, 0) is 4.74 Å². The minimum Gasteiger partial charge on any atom is -0.383 e. The van der Waals surface area contributed by atoms with E-state index < -0.39 is 17.5 Å². The van der Waals surface area contributed by atoms with E-state index in [0.29, 0.717) is 26.2 Å². The van der Waals surface area contributed by atoms with Gasteiger partial charge < -0.3 is 15.4 Å². The predicted molar refractivity (Wildman–Crippen MR) is 63.4 cm³/mol. The maximum atomic E-state index is 12.9. The van der Waals surface area contributed by atoms with Crippen LogP contribution in [0, 0.1) is 11.6 Å². The molecular weight excluding hydrogens is 242 g/mol. The minimum atomic E-state index is -0.765. The lowest BCUT2D eigenvalue weighted by atomic mass is 10.2. The van der Waals surface area contributed by atoms with Gasteiger partial charge in [0.1, 0.15) is 11.6 Å². The molecule has 0 aromatic heterocycles. The van der Waals surface area contributed by atoms with Crippen LogP contribution in [-0.4, -0.2) is 39.3 Å². The fraction of sp³-hybridized carbons (Fsp3) is 0.417. The highest BCUT2D eigenvalue weighted by Gasteiger charge is 2.08. The van der Waals surface area contributed by atoms with Crippen molar-refractivity contribution in [2.75, 3.05) is 33.4 Å². The largest absolute Gasteiger partial charge is 0.383 e. The van der Waals surface area contributed by atoms with Crippen molar-refractivity contribution in [3.8, 4) is 0 Å². The van der Waals surface area contributed by atoms with Gasteiger partial charge in [-0.2, -0.15) is 0 Å². The fourth-order valence-electron chi connectivity index (χ4n) is 1.35. The average molecular weight is 258 g/mol. The molecule has 100 valence electrons. The van der Waals surface area contributed by atoms with Gasteiger partial charge in [-0.15, -0.1) is 0 Å². The number of ether oxygens (including phenoxy) is 1. The molecule has 1 rings (SSSR count). The molecular formula is C12H16F2N2O2. The zero-order valence-corrected chi connectivity index (χ0v) is 10.1. The second-order valence-corrected chi connectivity index (χ2v) is 3.66. The van der Waals surface area contributed by atoms with Crippen LogP contribution in [0.5, 0.6) is 0 Å². The summed E-state index contributed by atoms with van der Waals surface area (Å²) in [6.45, 7) is 2.21. The van der Waals surface area contributed by atoms with Crippen molar-refractivity contribution in [3.05, 3.63) is 35.4 Å². The zero-order valence-electron chi connectivity index (χ0n) is 10.1. The molecule has 6 heteroatoms. The first-order valence-corrected chi connectivity index (χ1v) is 5.57. The topological polar surface area (TPSA) is 50.4 Å². The normalized spacial score (nSPS) is 10.4. The van der Waals surface area contributed by atoms with Gasteiger partial charge in [-0.25, -0.2) is 8.78 Å². The average Bonchev–Trinajstić information content (AvgIpc) is 2.32. The summed E-state index contributed by atoms with van der Waals surface area (Å²) in [6, 6.07) is 2.72.